The van der Waals surface area contributed by atoms with Crippen LogP contribution in [0.5, 0.6) is 0 Å². The second kappa shape index (κ2) is 5.23. The van der Waals surface area contributed by atoms with Gasteiger partial charge in [0.05, 0.1) is 0 Å². The molecule has 60 valence electrons. The number of hydrogen-bond donors (Lipinski definition) is 2. The molecule has 0 aliphatic carbocycles. The van der Waals surface area contributed by atoms with E-state index in [4.69, 9.17) is 5.11 Å². The average Bonchev–Trinajstić information content (AvgIpc) is 1.99. The minimum atomic E-state index is 0.0419. The van der Waals surface area contributed by atoms with Crippen molar-refractivity contribution < 1.29 is 9.90 Å². The van der Waals surface area contributed by atoms with E-state index in [2.05, 4.69) is 5.32 Å². The molecule has 0 saturated carbocycles. The van der Waals surface area contributed by atoms with E-state index in [1.165, 1.54) is 0 Å². The highest BCUT2D eigenvalue weighted by Gasteiger charge is 2.00. The third-order valence-corrected chi connectivity index (χ3v) is 1.28. The summed E-state index contributed by atoms with van der Waals surface area (Å²) in [6.07, 6.45) is 0.512. The zero-order valence-electron chi connectivity index (χ0n) is 6.55. The van der Waals surface area contributed by atoms with E-state index in [9.17, 15) is 4.79 Å². The molecule has 0 aromatic rings. The first-order valence-electron chi connectivity index (χ1n) is 3.58. The third kappa shape index (κ3) is 4.32. The van der Waals surface area contributed by atoms with Gasteiger partial charge in [0.15, 0.2) is 0 Å². The molecule has 0 bridgehead atoms. The molecule has 2 N–H and O–H groups in total. The van der Waals surface area contributed by atoms with Crippen molar-refractivity contribution in [3.05, 3.63) is 0 Å². The maximum Gasteiger partial charge on any atom is 0.219 e. The number of nitrogens with one attached hydrogen (secondary N) is 1. The van der Waals surface area contributed by atoms with Gasteiger partial charge < -0.3 is 10.4 Å². The Labute approximate surface area is 61.4 Å². The number of aliphatic hydroxyl groups is 1. The number of amides is 1. The predicted molar refractivity (Wildman–Crippen MR) is 39.6 cm³/mol. The molecule has 1 amide bonds. The van der Waals surface area contributed by atoms with Crippen LogP contribution in [0, 0.1) is 5.92 Å². The fraction of sp³-hybridized carbons (Fsp3) is 0.857. The van der Waals surface area contributed by atoms with Gasteiger partial charge in [-0.25, -0.2) is 0 Å². The molecule has 0 rings (SSSR count). The van der Waals surface area contributed by atoms with E-state index in [-0.39, 0.29) is 18.4 Å². The number of carbonyl (C=O) groups is 1. The summed E-state index contributed by atoms with van der Waals surface area (Å²) in [5.74, 6) is 0.204. The highest BCUT2D eigenvalue weighted by atomic mass is 16.3. The molecule has 3 heteroatoms. The van der Waals surface area contributed by atoms with Gasteiger partial charge in [0.2, 0.25) is 5.91 Å². The summed E-state index contributed by atoms with van der Waals surface area (Å²) in [6.45, 7) is 4.39. The molecule has 1 atom stereocenters. The van der Waals surface area contributed by atoms with Crippen LogP contribution in [0.1, 0.15) is 20.3 Å². The molecule has 0 aliphatic rings. The number of carbonyl (C=O) groups excluding carboxylic acids is 1. The monoisotopic (exact) mass is 145 g/mol. The van der Waals surface area contributed by atoms with E-state index >= 15 is 0 Å². The van der Waals surface area contributed by atoms with Crippen molar-refractivity contribution in [3.63, 3.8) is 0 Å². The summed E-state index contributed by atoms with van der Waals surface area (Å²) >= 11 is 0. The second-order valence-electron chi connectivity index (χ2n) is 2.45. The average molecular weight is 145 g/mol. The number of hydrogen-bond acceptors (Lipinski definition) is 2. The lowest BCUT2D eigenvalue weighted by Crippen LogP contribution is -2.28. The van der Waals surface area contributed by atoms with Crippen molar-refractivity contribution in [2.75, 3.05) is 13.2 Å². The van der Waals surface area contributed by atoms with E-state index in [0.29, 0.717) is 13.0 Å². The summed E-state index contributed by atoms with van der Waals surface area (Å²) in [6, 6.07) is 0. The van der Waals surface area contributed by atoms with Gasteiger partial charge in [0, 0.05) is 19.6 Å². The van der Waals surface area contributed by atoms with Crippen LogP contribution >= 0.6 is 0 Å². The molecule has 0 spiro atoms. The van der Waals surface area contributed by atoms with Crippen LogP contribution in [0.3, 0.4) is 0 Å². The zero-order chi connectivity index (χ0) is 7.98. The van der Waals surface area contributed by atoms with E-state index in [1.807, 2.05) is 6.92 Å². The van der Waals surface area contributed by atoms with Gasteiger partial charge in [0.25, 0.3) is 0 Å². The predicted octanol–water partition coefficient (Wildman–Crippen LogP) is 0.141. The van der Waals surface area contributed by atoms with Crippen LogP contribution in [0.15, 0.2) is 0 Å². The molecule has 0 radical (unpaired) electrons. The van der Waals surface area contributed by atoms with E-state index in [1.54, 1.807) is 6.92 Å². The molecule has 3 nitrogen and oxygen atoms in total. The van der Waals surface area contributed by atoms with Crippen molar-refractivity contribution in [2.24, 2.45) is 5.92 Å². The van der Waals surface area contributed by atoms with E-state index < -0.39 is 0 Å². The van der Waals surface area contributed by atoms with Crippen molar-refractivity contribution in [3.8, 4) is 0 Å². The summed E-state index contributed by atoms with van der Waals surface area (Å²) in [5, 5.41) is 11.3. The SMILES string of the molecule is CCC(=O)NCC(C)CO. The van der Waals surface area contributed by atoms with Crippen LogP contribution in [-0.2, 0) is 4.79 Å². The fourth-order valence-corrected chi connectivity index (χ4v) is 0.478. The molecular weight excluding hydrogens is 130 g/mol. The molecule has 0 fully saturated rings. The maximum atomic E-state index is 10.6. The van der Waals surface area contributed by atoms with Gasteiger partial charge in [-0.05, 0) is 5.92 Å². The Morgan fingerprint density at radius 2 is 2.30 bits per heavy atom. The normalized spacial score (nSPS) is 12.7. The summed E-state index contributed by atoms with van der Waals surface area (Å²) < 4.78 is 0. The lowest BCUT2D eigenvalue weighted by Gasteiger charge is -2.07. The summed E-state index contributed by atoms with van der Waals surface area (Å²) in [4.78, 5) is 10.6. The van der Waals surface area contributed by atoms with Crippen LogP contribution in [-0.4, -0.2) is 24.2 Å². The first kappa shape index (κ1) is 9.43. The highest BCUT2D eigenvalue weighted by molar-refractivity contribution is 5.75. The van der Waals surface area contributed by atoms with Crippen molar-refractivity contribution >= 4 is 5.91 Å². The van der Waals surface area contributed by atoms with Gasteiger partial charge in [-0.15, -0.1) is 0 Å². The lowest BCUT2D eigenvalue weighted by molar-refractivity contribution is -0.120. The minimum Gasteiger partial charge on any atom is -0.396 e. The standard InChI is InChI=1S/C7H15NO2/c1-3-7(10)8-4-6(2)5-9/h6,9H,3-5H2,1-2H3,(H,8,10). The van der Waals surface area contributed by atoms with Crippen LogP contribution in [0.25, 0.3) is 0 Å². The van der Waals surface area contributed by atoms with Crippen LogP contribution in [0.4, 0.5) is 0 Å². The maximum absolute atomic E-state index is 10.6. The van der Waals surface area contributed by atoms with Crippen LogP contribution in [0.2, 0.25) is 0 Å². The third-order valence-electron chi connectivity index (χ3n) is 1.28. The molecule has 0 aromatic heterocycles. The Balaban J connectivity index is 3.26. The molecule has 0 saturated heterocycles. The second-order valence-corrected chi connectivity index (χ2v) is 2.45. The van der Waals surface area contributed by atoms with Gasteiger partial charge in [-0.2, -0.15) is 0 Å². The quantitative estimate of drug-likeness (QED) is 0.591. The van der Waals surface area contributed by atoms with E-state index in [0.717, 1.165) is 0 Å². The fourth-order valence-electron chi connectivity index (χ4n) is 0.478. The number of aliphatic hydroxyl groups excluding tert-OH is 1. The summed E-state index contributed by atoms with van der Waals surface area (Å²) in [7, 11) is 0. The Hall–Kier alpha value is -0.570. The molecule has 1 unspecified atom stereocenters. The Morgan fingerprint density at radius 3 is 2.70 bits per heavy atom. The first-order valence-corrected chi connectivity index (χ1v) is 3.58. The number of rotatable bonds is 4. The van der Waals surface area contributed by atoms with Crippen molar-refractivity contribution in [1.82, 2.24) is 5.32 Å². The first-order chi connectivity index (χ1) is 4.70. The molecule has 0 aromatic carbocycles. The Morgan fingerprint density at radius 1 is 1.70 bits per heavy atom. The van der Waals surface area contributed by atoms with Gasteiger partial charge in [0.1, 0.15) is 0 Å². The zero-order valence-corrected chi connectivity index (χ0v) is 6.55. The molecule has 10 heavy (non-hydrogen) atoms. The molecule has 0 aliphatic heterocycles. The lowest BCUT2D eigenvalue weighted by atomic mass is 10.2. The van der Waals surface area contributed by atoms with Crippen molar-refractivity contribution in [2.45, 2.75) is 20.3 Å². The molecule has 0 heterocycles. The van der Waals surface area contributed by atoms with Gasteiger partial charge in [-0.3, -0.25) is 4.79 Å². The summed E-state index contributed by atoms with van der Waals surface area (Å²) in [5.41, 5.74) is 0. The largest absolute Gasteiger partial charge is 0.396 e. The van der Waals surface area contributed by atoms with Crippen LogP contribution < -0.4 is 5.32 Å². The molecular formula is C7H15NO2. The highest BCUT2D eigenvalue weighted by Crippen LogP contribution is 1.88. The Bertz CT molecular complexity index is 104. The topological polar surface area (TPSA) is 49.3 Å². The smallest absolute Gasteiger partial charge is 0.219 e. The minimum absolute atomic E-state index is 0.0419. The van der Waals surface area contributed by atoms with Crippen molar-refractivity contribution in [1.29, 1.82) is 0 Å². The van der Waals surface area contributed by atoms with Gasteiger partial charge >= 0.3 is 0 Å². The van der Waals surface area contributed by atoms with Gasteiger partial charge in [-0.1, -0.05) is 13.8 Å². The Kier molecular flexibility index (Phi) is 4.94.